The minimum absolute atomic E-state index is 0. The van der Waals surface area contributed by atoms with Crippen LogP contribution in [0.15, 0.2) is 30.3 Å². The van der Waals surface area contributed by atoms with E-state index >= 15 is 0 Å². The Hall–Kier alpha value is 0.600. The minimum Gasteiger partial charge on any atom is -1.00 e. The molecule has 2 aliphatic rings. The SMILES string of the molecule is C[Si](C)=[Zr+2][N](C1CCCCC1)C1C=Cc2ccccc21.[Cl-].[Cl-]. The predicted molar refractivity (Wildman–Crippen MR) is 84.4 cm³/mol. The molecule has 0 spiro atoms. The van der Waals surface area contributed by atoms with E-state index in [1.165, 1.54) is 37.7 Å². The van der Waals surface area contributed by atoms with Crippen molar-refractivity contribution >= 4 is 11.5 Å². The molecular weight excluding hydrogens is 408 g/mol. The summed E-state index contributed by atoms with van der Waals surface area (Å²) in [6.45, 7) is 5.05. The van der Waals surface area contributed by atoms with Crippen LogP contribution in [0.25, 0.3) is 6.08 Å². The summed E-state index contributed by atoms with van der Waals surface area (Å²) in [5, 5.41) is 0. The number of nitrogens with zero attached hydrogens (tertiary/aromatic N) is 1. The third-order valence-corrected chi connectivity index (χ3v) is 11.9. The Morgan fingerprint density at radius 3 is 2.41 bits per heavy atom. The largest absolute Gasteiger partial charge is 1.00 e. The molecular formula is C17H24Cl2NSiZr. The second kappa shape index (κ2) is 9.79. The van der Waals surface area contributed by atoms with Crippen molar-refractivity contribution in [1.82, 2.24) is 2.84 Å². The van der Waals surface area contributed by atoms with E-state index in [0.29, 0.717) is 6.04 Å². The van der Waals surface area contributed by atoms with Gasteiger partial charge in [-0.3, -0.25) is 0 Å². The Bertz CT molecular complexity index is 537. The fraction of sp³-hybridized carbons (Fsp3) is 0.529. The molecule has 1 unspecified atom stereocenters. The monoisotopic (exact) mass is 430 g/mol. The first-order chi connectivity index (χ1) is 9.75. The van der Waals surface area contributed by atoms with Gasteiger partial charge in [0.15, 0.2) is 0 Å². The van der Waals surface area contributed by atoms with E-state index < -0.39 is 0 Å². The number of benzene rings is 1. The maximum atomic E-state index is 3.00. The van der Waals surface area contributed by atoms with Crippen LogP contribution in [-0.2, 0) is 22.1 Å². The number of fused-ring (bicyclic) bond motifs is 1. The third kappa shape index (κ3) is 4.80. The summed E-state index contributed by atoms with van der Waals surface area (Å²) in [4.78, 5) is 0. The molecule has 0 radical (unpaired) electrons. The van der Waals surface area contributed by atoms with E-state index in [2.05, 4.69) is 52.4 Å². The Labute approximate surface area is 159 Å². The Morgan fingerprint density at radius 2 is 1.73 bits per heavy atom. The fourth-order valence-electron chi connectivity index (χ4n) is 3.48. The number of halogens is 2. The molecule has 2 aliphatic carbocycles. The van der Waals surface area contributed by atoms with E-state index in [4.69, 9.17) is 0 Å². The van der Waals surface area contributed by atoms with Crippen LogP contribution < -0.4 is 24.8 Å². The quantitative estimate of drug-likeness (QED) is 0.534. The molecule has 1 aromatic carbocycles. The van der Waals surface area contributed by atoms with Crippen molar-refractivity contribution in [2.75, 3.05) is 0 Å². The molecule has 0 saturated heterocycles. The molecule has 0 bridgehead atoms. The zero-order chi connectivity index (χ0) is 13.9. The molecule has 3 rings (SSSR count). The second-order valence-electron chi connectivity index (χ2n) is 6.24. The fourth-order valence-corrected chi connectivity index (χ4v) is 11.7. The number of hydrogen-bond donors (Lipinski definition) is 0. The van der Waals surface area contributed by atoms with Crippen molar-refractivity contribution in [2.45, 2.75) is 57.3 Å². The summed E-state index contributed by atoms with van der Waals surface area (Å²) >= 11 is -0.381. The summed E-state index contributed by atoms with van der Waals surface area (Å²) in [5.41, 5.74) is 2.97. The van der Waals surface area contributed by atoms with Crippen LogP contribution in [0.4, 0.5) is 0 Å². The maximum absolute atomic E-state index is 3.00. The third-order valence-electron chi connectivity index (χ3n) is 4.39. The zero-order valence-corrected chi connectivity index (χ0v) is 18.3. The summed E-state index contributed by atoms with van der Waals surface area (Å²) in [6.07, 6.45) is 12.1. The smallest absolute Gasteiger partial charge is 1.00 e. The van der Waals surface area contributed by atoms with Crippen molar-refractivity contribution in [3.05, 3.63) is 41.5 Å². The number of rotatable bonds is 3. The van der Waals surface area contributed by atoms with Gasteiger partial charge in [-0.25, -0.2) is 0 Å². The summed E-state index contributed by atoms with van der Waals surface area (Å²) in [7, 11) is 0. The van der Waals surface area contributed by atoms with Gasteiger partial charge in [-0.2, -0.15) is 0 Å². The van der Waals surface area contributed by atoms with Gasteiger partial charge in [-0.05, 0) is 0 Å². The Kier molecular flexibility index (Phi) is 9.19. The topological polar surface area (TPSA) is 3.24 Å². The van der Waals surface area contributed by atoms with E-state index in [9.17, 15) is 0 Å². The molecule has 1 nitrogen and oxygen atoms in total. The number of hydrogen-bond acceptors (Lipinski definition) is 1. The summed E-state index contributed by atoms with van der Waals surface area (Å²) < 4.78 is 3.00. The molecule has 0 aliphatic heterocycles. The van der Waals surface area contributed by atoms with Gasteiger partial charge in [0, 0.05) is 0 Å². The first kappa shape index (κ1) is 20.6. The van der Waals surface area contributed by atoms with Gasteiger partial charge < -0.3 is 24.8 Å². The van der Waals surface area contributed by atoms with Crippen molar-refractivity contribution in [3.8, 4) is 0 Å². The Balaban J connectivity index is 0.00000121. The molecule has 0 heterocycles. The molecule has 22 heavy (non-hydrogen) atoms. The van der Waals surface area contributed by atoms with Crippen LogP contribution in [0.2, 0.25) is 13.1 Å². The van der Waals surface area contributed by atoms with Crippen molar-refractivity contribution in [1.29, 1.82) is 0 Å². The van der Waals surface area contributed by atoms with Crippen LogP contribution >= 0.6 is 0 Å². The van der Waals surface area contributed by atoms with E-state index in [1.54, 1.807) is 5.56 Å². The zero-order valence-electron chi connectivity index (χ0n) is 13.4. The molecule has 119 valence electrons. The van der Waals surface area contributed by atoms with Gasteiger partial charge in [0.2, 0.25) is 0 Å². The molecule has 0 amide bonds. The van der Waals surface area contributed by atoms with Crippen molar-refractivity contribution < 1.29 is 47.0 Å². The summed E-state index contributed by atoms with van der Waals surface area (Å²) in [6, 6.07) is 10.5. The first-order valence-electron chi connectivity index (χ1n) is 7.88. The van der Waals surface area contributed by atoms with Crippen molar-refractivity contribution in [2.24, 2.45) is 0 Å². The molecule has 0 N–H and O–H groups in total. The van der Waals surface area contributed by atoms with E-state index in [0.717, 1.165) is 6.04 Å². The molecule has 1 saturated carbocycles. The maximum Gasteiger partial charge on any atom is -1.00 e. The standard InChI is InChI=1S/C15H18N.C2H6Si.2ClH.Zr/c1-2-7-13(8-3-1)16-15-11-10-12-6-4-5-9-14(12)15;1-3-2;;;/h4-6,9-11,13,15H,1-3,7-8H2;1-2H3;2*1H;/q-1;;;;+3/p-2. The molecule has 1 fully saturated rings. The van der Waals surface area contributed by atoms with Gasteiger partial charge in [0.25, 0.3) is 0 Å². The van der Waals surface area contributed by atoms with Crippen LogP contribution in [-0.4, -0.2) is 14.3 Å². The average Bonchev–Trinajstić information content (AvgIpc) is 2.89. The molecule has 5 heteroatoms. The molecule has 1 aromatic rings. The summed E-state index contributed by atoms with van der Waals surface area (Å²) in [5.74, 6) is 0. The van der Waals surface area contributed by atoms with E-state index in [-0.39, 0.29) is 52.4 Å². The normalized spacial score (nSPS) is 19.9. The molecule has 0 aromatic heterocycles. The molecule has 1 atom stereocenters. The van der Waals surface area contributed by atoms with Gasteiger partial charge in [-0.1, -0.05) is 0 Å². The first-order valence-corrected chi connectivity index (χ1v) is 15.2. The minimum atomic E-state index is -0.381. The van der Waals surface area contributed by atoms with Gasteiger partial charge in [-0.15, -0.1) is 0 Å². The predicted octanol–water partition coefficient (Wildman–Crippen LogP) is -1.35. The van der Waals surface area contributed by atoms with E-state index in [1.807, 2.05) is 0 Å². The van der Waals surface area contributed by atoms with Gasteiger partial charge in [0.05, 0.1) is 0 Å². The van der Waals surface area contributed by atoms with Crippen LogP contribution in [0.5, 0.6) is 0 Å². The Morgan fingerprint density at radius 1 is 1.05 bits per heavy atom. The van der Waals surface area contributed by atoms with Gasteiger partial charge >= 0.3 is 135 Å². The van der Waals surface area contributed by atoms with Crippen LogP contribution in [0, 0.1) is 0 Å². The van der Waals surface area contributed by atoms with Crippen molar-refractivity contribution in [3.63, 3.8) is 0 Å². The van der Waals surface area contributed by atoms with Crippen LogP contribution in [0.3, 0.4) is 0 Å². The average molecular weight is 433 g/mol. The van der Waals surface area contributed by atoms with Crippen LogP contribution in [0.1, 0.15) is 49.3 Å². The second-order valence-corrected chi connectivity index (χ2v) is 18.8. The van der Waals surface area contributed by atoms with Gasteiger partial charge in [0.1, 0.15) is 0 Å².